The summed E-state index contributed by atoms with van der Waals surface area (Å²) in [6.07, 6.45) is 8.64. The van der Waals surface area contributed by atoms with E-state index in [0.29, 0.717) is 0 Å². The smallest absolute Gasteiger partial charge is 0.0549 e. The van der Waals surface area contributed by atoms with E-state index in [9.17, 15) is 0 Å². The highest BCUT2D eigenvalue weighted by molar-refractivity contribution is 5.44. The Morgan fingerprint density at radius 2 is 2.43 bits per heavy atom. The highest BCUT2D eigenvalue weighted by Crippen LogP contribution is 2.18. The van der Waals surface area contributed by atoms with Gasteiger partial charge in [0.2, 0.25) is 0 Å². The van der Waals surface area contributed by atoms with Crippen molar-refractivity contribution in [2.24, 2.45) is 0 Å². The lowest BCUT2D eigenvalue weighted by molar-refractivity contribution is 0.686. The number of H-pyrrole nitrogens is 1. The molecule has 0 spiro atoms. The van der Waals surface area contributed by atoms with Crippen molar-refractivity contribution < 1.29 is 0 Å². The molecule has 1 aromatic heterocycles. The first-order chi connectivity index (χ1) is 6.93. The summed E-state index contributed by atoms with van der Waals surface area (Å²) in [5.74, 6) is 0. The van der Waals surface area contributed by atoms with Gasteiger partial charge in [-0.1, -0.05) is 11.5 Å². The Balaban J connectivity index is 1.95. The van der Waals surface area contributed by atoms with Gasteiger partial charge < -0.3 is 10.3 Å². The fourth-order valence-corrected chi connectivity index (χ4v) is 1.68. The summed E-state index contributed by atoms with van der Waals surface area (Å²) in [4.78, 5) is 3.24. The number of fused-ring (bicyclic) bond motifs is 1. The van der Waals surface area contributed by atoms with Crippen LogP contribution in [0.3, 0.4) is 0 Å². The molecule has 0 radical (unpaired) electrons. The average molecular weight is 184 g/mol. The molecule has 70 valence electrons. The highest BCUT2D eigenvalue weighted by Gasteiger charge is 2.20. The van der Waals surface area contributed by atoms with Gasteiger partial charge in [0.25, 0.3) is 0 Å². The van der Waals surface area contributed by atoms with Gasteiger partial charge in [0, 0.05) is 18.8 Å². The SMILES string of the molecule is C1=C=c2c(CNC3CC3)c[nH]c2=CC=1. The molecule has 3 rings (SSSR count). The molecule has 0 atom stereocenters. The van der Waals surface area contributed by atoms with Crippen LogP contribution in [0.2, 0.25) is 0 Å². The molecule has 0 saturated heterocycles. The van der Waals surface area contributed by atoms with Crippen molar-refractivity contribution in [3.63, 3.8) is 0 Å². The summed E-state index contributed by atoms with van der Waals surface area (Å²) in [7, 11) is 0. The van der Waals surface area contributed by atoms with Crippen LogP contribution in [0.15, 0.2) is 18.0 Å². The van der Waals surface area contributed by atoms with Crippen molar-refractivity contribution in [1.82, 2.24) is 10.3 Å². The molecule has 0 amide bonds. The molecule has 2 N–H and O–H groups in total. The standard InChI is InChI=1S/C12H12N2/c1-2-4-12-11(3-1)9(8-14-12)7-13-10-5-6-10/h2,4,8,10,13-14H,5-7H2. The van der Waals surface area contributed by atoms with E-state index in [2.05, 4.69) is 28.0 Å². The molecule has 2 heteroatoms. The monoisotopic (exact) mass is 184 g/mol. The molecule has 14 heavy (non-hydrogen) atoms. The lowest BCUT2D eigenvalue weighted by Crippen LogP contribution is -2.27. The summed E-state index contributed by atoms with van der Waals surface area (Å²) >= 11 is 0. The Kier molecular flexibility index (Phi) is 1.71. The maximum Gasteiger partial charge on any atom is 0.0549 e. The Morgan fingerprint density at radius 3 is 3.29 bits per heavy atom. The Morgan fingerprint density at radius 1 is 1.50 bits per heavy atom. The molecule has 0 unspecified atom stereocenters. The minimum atomic E-state index is 0.757. The first-order valence-corrected chi connectivity index (χ1v) is 5.05. The van der Waals surface area contributed by atoms with Crippen molar-refractivity contribution in [3.8, 4) is 0 Å². The summed E-state index contributed by atoms with van der Waals surface area (Å²) in [5.41, 5.74) is 7.43. The van der Waals surface area contributed by atoms with Crippen LogP contribution in [0.4, 0.5) is 0 Å². The van der Waals surface area contributed by atoms with E-state index >= 15 is 0 Å². The van der Waals surface area contributed by atoms with E-state index in [1.807, 2.05) is 12.2 Å². The van der Waals surface area contributed by atoms with Gasteiger partial charge in [-0.15, -0.1) is 0 Å². The zero-order valence-electron chi connectivity index (χ0n) is 7.93. The molecule has 1 heterocycles. The predicted molar refractivity (Wildman–Crippen MR) is 55.9 cm³/mol. The first-order valence-electron chi connectivity index (χ1n) is 5.05. The topological polar surface area (TPSA) is 27.8 Å². The number of rotatable bonds is 3. The number of hydrogen-bond acceptors (Lipinski definition) is 1. The van der Waals surface area contributed by atoms with E-state index in [-0.39, 0.29) is 0 Å². The number of aromatic amines is 1. The molecular weight excluding hydrogens is 172 g/mol. The van der Waals surface area contributed by atoms with Gasteiger partial charge in [-0.05, 0) is 30.6 Å². The van der Waals surface area contributed by atoms with Crippen LogP contribution >= 0.6 is 0 Å². The van der Waals surface area contributed by atoms with Crippen LogP contribution < -0.4 is 15.9 Å². The van der Waals surface area contributed by atoms with E-state index in [1.54, 1.807) is 0 Å². The van der Waals surface area contributed by atoms with Crippen molar-refractivity contribution in [2.45, 2.75) is 25.4 Å². The molecular formula is C12H12N2. The number of allylic oxidation sites excluding steroid dienone is 1. The largest absolute Gasteiger partial charge is 0.360 e. The molecule has 1 fully saturated rings. The fourth-order valence-electron chi connectivity index (χ4n) is 1.68. The van der Waals surface area contributed by atoms with Crippen LogP contribution in [0.25, 0.3) is 11.8 Å². The van der Waals surface area contributed by atoms with Crippen LogP contribution in [0.5, 0.6) is 0 Å². The van der Waals surface area contributed by atoms with E-state index < -0.39 is 0 Å². The number of hydrogen-bond donors (Lipinski definition) is 2. The third-order valence-electron chi connectivity index (χ3n) is 2.68. The van der Waals surface area contributed by atoms with Gasteiger partial charge in [-0.25, -0.2) is 0 Å². The first kappa shape index (κ1) is 7.90. The molecule has 2 nitrogen and oxygen atoms in total. The second kappa shape index (κ2) is 3.04. The molecule has 0 bridgehead atoms. The zero-order chi connectivity index (χ0) is 9.38. The van der Waals surface area contributed by atoms with Gasteiger partial charge in [-0.2, -0.15) is 0 Å². The fraction of sp³-hybridized carbons (Fsp3) is 0.333. The third kappa shape index (κ3) is 1.36. The second-order valence-corrected chi connectivity index (χ2v) is 3.86. The Hall–Kier alpha value is -1.46. The van der Waals surface area contributed by atoms with Gasteiger partial charge in [0.05, 0.1) is 10.6 Å². The maximum absolute atomic E-state index is 3.50. The minimum absolute atomic E-state index is 0.757. The summed E-state index contributed by atoms with van der Waals surface area (Å²) in [6, 6.07) is 0.757. The van der Waals surface area contributed by atoms with E-state index in [4.69, 9.17) is 0 Å². The lowest BCUT2D eigenvalue weighted by atomic mass is 10.2. The summed E-state index contributed by atoms with van der Waals surface area (Å²) in [6.45, 7) is 0.943. The molecule has 1 saturated carbocycles. The summed E-state index contributed by atoms with van der Waals surface area (Å²) in [5, 5.41) is 5.81. The van der Waals surface area contributed by atoms with Gasteiger partial charge in [0.1, 0.15) is 0 Å². The van der Waals surface area contributed by atoms with Crippen molar-refractivity contribution in [3.05, 3.63) is 34.1 Å². The van der Waals surface area contributed by atoms with Crippen molar-refractivity contribution in [2.75, 3.05) is 0 Å². The third-order valence-corrected chi connectivity index (χ3v) is 2.68. The normalized spacial score (nSPS) is 17.4. The van der Waals surface area contributed by atoms with E-state index in [0.717, 1.165) is 17.9 Å². The molecule has 1 aromatic rings. The Labute approximate surface area is 82.3 Å². The molecule has 0 aromatic carbocycles. The second-order valence-electron chi connectivity index (χ2n) is 3.86. The average Bonchev–Trinajstić information content (AvgIpc) is 2.96. The van der Waals surface area contributed by atoms with Gasteiger partial charge >= 0.3 is 0 Å². The Bertz CT molecular complexity index is 533. The maximum atomic E-state index is 3.50. The minimum Gasteiger partial charge on any atom is -0.360 e. The quantitative estimate of drug-likeness (QED) is 0.643. The van der Waals surface area contributed by atoms with Crippen LogP contribution in [0, 0.1) is 0 Å². The van der Waals surface area contributed by atoms with E-state index in [1.165, 1.54) is 23.6 Å². The van der Waals surface area contributed by atoms with Gasteiger partial charge in [-0.3, -0.25) is 0 Å². The van der Waals surface area contributed by atoms with Crippen molar-refractivity contribution in [1.29, 1.82) is 0 Å². The molecule has 0 aliphatic heterocycles. The highest BCUT2D eigenvalue weighted by atomic mass is 14.9. The zero-order valence-corrected chi connectivity index (χ0v) is 7.93. The van der Waals surface area contributed by atoms with Crippen LogP contribution in [-0.4, -0.2) is 11.0 Å². The van der Waals surface area contributed by atoms with Crippen LogP contribution in [0.1, 0.15) is 18.4 Å². The lowest BCUT2D eigenvalue weighted by Gasteiger charge is -1.98. The summed E-state index contributed by atoms with van der Waals surface area (Å²) < 4.78 is 0. The predicted octanol–water partition coefficient (Wildman–Crippen LogP) is 0.151. The van der Waals surface area contributed by atoms with Crippen LogP contribution in [-0.2, 0) is 6.54 Å². The molecule has 2 aliphatic rings. The number of nitrogens with one attached hydrogen (secondary N) is 2. The molecule has 2 aliphatic carbocycles. The number of aromatic nitrogens is 1. The van der Waals surface area contributed by atoms with Crippen molar-refractivity contribution >= 4 is 11.8 Å². The van der Waals surface area contributed by atoms with Gasteiger partial charge in [0.15, 0.2) is 0 Å².